The lowest BCUT2D eigenvalue weighted by atomic mass is 10.0. The quantitative estimate of drug-likeness (QED) is 0.185. The summed E-state index contributed by atoms with van der Waals surface area (Å²) in [6.07, 6.45) is 11.6. The van der Waals surface area contributed by atoms with E-state index in [1.165, 1.54) is 38.5 Å². The van der Waals surface area contributed by atoms with Crippen LogP contribution in [0.4, 0.5) is 0 Å². The topological polar surface area (TPSA) is 17.1 Å². The lowest BCUT2D eigenvalue weighted by Gasteiger charge is -2.33. The highest BCUT2D eigenvalue weighted by Gasteiger charge is 2.43. The van der Waals surface area contributed by atoms with Crippen molar-refractivity contribution in [3.8, 4) is 0 Å². The first-order chi connectivity index (χ1) is 10.2. The van der Waals surface area contributed by atoms with E-state index in [0.717, 1.165) is 25.2 Å². The van der Waals surface area contributed by atoms with Gasteiger partial charge in [0.05, 0.1) is 6.69 Å². The molecule has 0 spiro atoms. The predicted octanol–water partition coefficient (Wildman–Crippen LogP) is 7.72. The normalized spacial score (nSPS) is 18.0. The van der Waals surface area contributed by atoms with Crippen LogP contribution in [0.15, 0.2) is 0 Å². The lowest BCUT2D eigenvalue weighted by Crippen LogP contribution is -2.27. The Balaban J connectivity index is 5.02. The highest BCUT2D eigenvalue weighted by molar-refractivity contribution is 8.06. The number of rotatable bonds is 13. The lowest BCUT2D eigenvalue weighted by molar-refractivity contribution is 0.467. The third-order valence-corrected chi connectivity index (χ3v) is 19.0. The summed E-state index contributed by atoms with van der Waals surface area (Å²) in [6.45, 7) is 11.0. The molecule has 134 valence electrons. The van der Waals surface area contributed by atoms with Crippen LogP contribution in [0.1, 0.15) is 79.1 Å². The zero-order valence-corrected chi connectivity index (χ0v) is 18.6. The SMILES string of the molecule is CCCCC(CC)CP(=O)(CC(CC)CCCC)[Si](C)(C)Cl. The van der Waals surface area contributed by atoms with Crippen molar-refractivity contribution in [3.05, 3.63) is 0 Å². The average Bonchev–Trinajstić information content (AvgIpc) is 2.46. The molecule has 0 amide bonds. The molecule has 0 aliphatic rings. The van der Waals surface area contributed by atoms with E-state index in [1.807, 2.05) is 0 Å². The second-order valence-corrected chi connectivity index (χ2v) is 22.3. The van der Waals surface area contributed by atoms with E-state index in [1.54, 1.807) is 0 Å². The molecule has 0 saturated heterocycles. The van der Waals surface area contributed by atoms with Crippen molar-refractivity contribution < 1.29 is 4.57 Å². The number of unbranched alkanes of at least 4 members (excludes halogenated alkanes) is 2. The first-order valence-corrected chi connectivity index (χ1v) is 16.4. The molecule has 4 heteroatoms. The van der Waals surface area contributed by atoms with Crippen LogP contribution in [0, 0.1) is 11.8 Å². The zero-order chi connectivity index (χ0) is 17.2. The van der Waals surface area contributed by atoms with E-state index < -0.39 is 13.7 Å². The van der Waals surface area contributed by atoms with Gasteiger partial charge in [-0.2, -0.15) is 11.1 Å². The third kappa shape index (κ3) is 8.02. The molecule has 0 aliphatic carbocycles. The van der Waals surface area contributed by atoms with Gasteiger partial charge < -0.3 is 4.57 Å². The van der Waals surface area contributed by atoms with E-state index in [2.05, 4.69) is 40.8 Å². The molecule has 0 aromatic rings. The number of hydrogen-bond donors (Lipinski definition) is 0. The van der Waals surface area contributed by atoms with Gasteiger partial charge in [-0.15, -0.1) is 0 Å². The molecule has 2 atom stereocenters. The summed E-state index contributed by atoms with van der Waals surface area (Å²) in [7, 11) is -2.12. The van der Waals surface area contributed by atoms with Crippen LogP contribution in [0.25, 0.3) is 0 Å². The highest BCUT2D eigenvalue weighted by Crippen LogP contribution is 2.60. The summed E-state index contributed by atoms with van der Waals surface area (Å²) < 4.78 is 13.8. The summed E-state index contributed by atoms with van der Waals surface area (Å²) in [6, 6.07) is 0. The molecule has 0 N–H and O–H groups in total. The molecule has 0 aromatic carbocycles. The molecule has 1 nitrogen and oxygen atoms in total. The number of hydrogen-bond acceptors (Lipinski definition) is 1. The van der Waals surface area contributed by atoms with Gasteiger partial charge in [0.2, 0.25) is 7.05 Å². The maximum Gasteiger partial charge on any atom is 0.218 e. The van der Waals surface area contributed by atoms with Crippen LogP contribution in [-0.4, -0.2) is 19.4 Å². The standard InChI is InChI=1S/C18H40ClOPSi/c1-7-11-13-17(9-3)15-21(20,22(5,6)19)16-18(10-4)14-12-8-2/h17-18H,7-16H2,1-6H3. The fourth-order valence-corrected chi connectivity index (χ4v) is 12.1. The first kappa shape index (κ1) is 22.7. The second-order valence-electron chi connectivity index (χ2n) is 7.50. The van der Waals surface area contributed by atoms with Crippen LogP contribution in [0.5, 0.6) is 0 Å². The molecule has 2 unspecified atom stereocenters. The Morgan fingerprint density at radius 2 is 1.23 bits per heavy atom. The van der Waals surface area contributed by atoms with Crippen molar-refractivity contribution in [2.24, 2.45) is 11.8 Å². The van der Waals surface area contributed by atoms with E-state index in [-0.39, 0.29) is 0 Å². The molecule has 0 aliphatic heterocycles. The van der Waals surface area contributed by atoms with Crippen molar-refractivity contribution >= 4 is 24.8 Å². The fourth-order valence-electron chi connectivity index (χ4n) is 3.18. The van der Waals surface area contributed by atoms with Crippen molar-refractivity contribution in [2.45, 2.75) is 92.2 Å². The Kier molecular flexibility index (Phi) is 11.7. The van der Waals surface area contributed by atoms with Crippen LogP contribution in [0.2, 0.25) is 13.1 Å². The Bertz CT molecular complexity index is 306. The van der Waals surface area contributed by atoms with Gasteiger partial charge >= 0.3 is 0 Å². The maximum atomic E-state index is 13.8. The average molecular weight is 367 g/mol. The van der Waals surface area contributed by atoms with Gasteiger partial charge in [-0.05, 0) is 24.9 Å². The van der Waals surface area contributed by atoms with E-state index >= 15 is 0 Å². The Morgan fingerprint density at radius 1 is 0.864 bits per heavy atom. The minimum absolute atomic E-state index is 0.611. The molecule has 0 fully saturated rings. The first-order valence-electron chi connectivity index (χ1n) is 9.51. The molecule has 0 heterocycles. The van der Waals surface area contributed by atoms with Gasteiger partial charge in [0, 0.05) is 12.3 Å². The molecular weight excluding hydrogens is 327 g/mol. The number of halogens is 1. The molecule has 0 saturated carbocycles. The van der Waals surface area contributed by atoms with Crippen LogP contribution >= 0.6 is 17.8 Å². The van der Waals surface area contributed by atoms with Gasteiger partial charge in [-0.3, -0.25) is 0 Å². The van der Waals surface area contributed by atoms with Gasteiger partial charge in [0.25, 0.3) is 0 Å². The highest BCUT2D eigenvalue weighted by atomic mass is 35.6. The molecule has 0 rings (SSSR count). The van der Waals surface area contributed by atoms with Crippen molar-refractivity contribution in [3.63, 3.8) is 0 Å². The van der Waals surface area contributed by atoms with E-state index in [0.29, 0.717) is 11.8 Å². The monoisotopic (exact) mass is 366 g/mol. The van der Waals surface area contributed by atoms with Gasteiger partial charge in [-0.25, -0.2) is 0 Å². The Labute approximate surface area is 145 Å². The summed E-state index contributed by atoms with van der Waals surface area (Å²) in [4.78, 5) is 0. The van der Waals surface area contributed by atoms with Gasteiger partial charge in [0.15, 0.2) is 0 Å². The Morgan fingerprint density at radius 3 is 1.45 bits per heavy atom. The van der Waals surface area contributed by atoms with Gasteiger partial charge in [-0.1, -0.05) is 79.1 Å². The molecule has 0 radical (unpaired) electrons. The van der Waals surface area contributed by atoms with E-state index in [9.17, 15) is 4.57 Å². The van der Waals surface area contributed by atoms with Crippen molar-refractivity contribution in [1.82, 2.24) is 0 Å². The maximum absolute atomic E-state index is 13.8. The van der Waals surface area contributed by atoms with Crippen molar-refractivity contribution in [1.29, 1.82) is 0 Å². The molecule has 22 heavy (non-hydrogen) atoms. The largest absolute Gasteiger partial charge is 0.327 e. The van der Waals surface area contributed by atoms with Crippen LogP contribution in [0.3, 0.4) is 0 Å². The van der Waals surface area contributed by atoms with Crippen LogP contribution in [-0.2, 0) is 4.57 Å². The summed E-state index contributed by atoms with van der Waals surface area (Å²) in [5.41, 5.74) is 0. The zero-order valence-electron chi connectivity index (χ0n) is 16.0. The Hall–Kier alpha value is 0.737. The molecule has 0 aromatic heterocycles. The smallest absolute Gasteiger partial charge is 0.218 e. The van der Waals surface area contributed by atoms with Crippen molar-refractivity contribution in [2.75, 3.05) is 12.3 Å². The van der Waals surface area contributed by atoms with Crippen LogP contribution < -0.4 is 0 Å². The summed E-state index contributed by atoms with van der Waals surface area (Å²) in [5.74, 6) is 1.22. The van der Waals surface area contributed by atoms with E-state index in [4.69, 9.17) is 11.1 Å². The minimum Gasteiger partial charge on any atom is -0.327 e. The second kappa shape index (κ2) is 11.3. The molecule has 0 bridgehead atoms. The third-order valence-electron chi connectivity index (χ3n) is 5.16. The summed E-state index contributed by atoms with van der Waals surface area (Å²) >= 11 is 6.79. The predicted molar refractivity (Wildman–Crippen MR) is 107 cm³/mol. The minimum atomic E-state index is -2.22. The van der Waals surface area contributed by atoms with Gasteiger partial charge in [0.1, 0.15) is 0 Å². The molecular formula is C18H40ClOPSi. The fraction of sp³-hybridized carbons (Fsp3) is 1.00. The summed E-state index contributed by atoms with van der Waals surface area (Å²) in [5, 5.41) is 0.